The maximum absolute atomic E-state index is 12.9. The zero-order valence-electron chi connectivity index (χ0n) is 18.3. The van der Waals surface area contributed by atoms with Crippen molar-refractivity contribution in [2.45, 2.75) is 16.7 Å². The molecule has 0 spiro atoms. The largest absolute Gasteiger partial charge is 0.339 e. The summed E-state index contributed by atoms with van der Waals surface area (Å²) in [7, 11) is -0.768. The maximum atomic E-state index is 12.9. The van der Waals surface area contributed by atoms with Crippen molar-refractivity contribution in [1.82, 2.24) is 14.6 Å². The van der Waals surface area contributed by atoms with E-state index >= 15 is 0 Å². The maximum Gasteiger partial charge on any atom is 0.262 e. The van der Waals surface area contributed by atoms with Gasteiger partial charge in [-0.3, -0.25) is 9.59 Å². The molecule has 0 aliphatic heterocycles. The number of nitrogens with zero attached hydrogens (tertiary/aromatic N) is 2. The molecule has 3 aromatic rings. The topological polar surface area (TPSA) is 108 Å². The van der Waals surface area contributed by atoms with Crippen LogP contribution in [0.2, 0.25) is 0 Å². The smallest absolute Gasteiger partial charge is 0.262 e. The van der Waals surface area contributed by atoms with Gasteiger partial charge in [-0.1, -0.05) is 30.3 Å². The minimum absolute atomic E-state index is 0.0685. The van der Waals surface area contributed by atoms with Crippen LogP contribution in [0.1, 0.15) is 16.1 Å². The van der Waals surface area contributed by atoms with E-state index in [4.69, 9.17) is 0 Å². The van der Waals surface area contributed by atoms with Crippen LogP contribution < -0.4 is 10.6 Å². The quantitative estimate of drug-likeness (QED) is 0.419. The van der Waals surface area contributed by atoms with Gasteiger partial charge in [0, 0.05) is 25.0 Å². The zero-order valence-corrected chi connectivity index (χ0v) is 21.5. The second-order valence-electron chi connectivity index (χ2n) is 7.11. The van der Waals surface area contributed by atoms with E-state index in [1.54, 1.807) is 11.8 Å². The van der Waals surface area contributed by atoms with E-state index in [0.29, 0.717) is 17.3 Å². The van der Waals surface area contributed by atoms with E-state index in [9.17, 15) is 18.0 Å². The van der Waals surface area contributed by atoms with Gasteiger partial charge in [0.1, 0.15) is 10.3 Å². The predicted octanol–water partition coefficient (Wildman–Crippen LogP) is 3.61. The summed E-state index contributed by atoms with van der Waals surface area (Å²) >= 11 is 3.74. The molecule has 176 valence electrons. The number of hydrogen-bond donors (Lipinski definition) is 2. The number of thioether (sulfide) groups is 1. The fraction of sp³-hybridized carbons (Fsp3) is 0.286. The number of carbonyl (C=O) groups excluding carboxylic acids is 2. The van der Waals surface area contributed by atoms with Gasteiger partial charge in [0.15, 0.2) is 5.13 Å². The van der Waals surface area contributed by atoms with Gasteiger partial charge in [-0.15, -0.1) is 22.7 Å². The number of benzene rings is 1. The van der Waals surface area contributed by atoms with Crippen LogP contribution in [0.4, 0.5) is 5.13 Å². The van der Waals surface area contributed by atoms with Crippen LogP contribution in [-0.4, -0.2) is 61.7 Å². The molecule has 0 aliphatic carbocycles. The third-order valence-corrected chi connectivity index (χ3v) is 9.34. The van der Waals surface area contributed by atoms with E-state index in [1.807, 2.05) is 42.0 Å². The normalized spacial score (nSPS) is 12.5. The van der Waals surface area contributed by atoms with Crippen molar-refractivity contribution in [3.63, 3.8) is 0 Å². The Bertz CT molecular complexity index is 1210. The molecule has 0 aliphatic rings. The standard InChI is InChI=1S/C21H24N4O4S4/c1-25(2)33(28,29)18-10-9-17(32-18)20(27)22-15(11-12-30-3)19(26)24-21-23-16(13-31-21)14-7-5-4-6-8-14/h4-10,13,15H,11-12H2,1-3H3,(H,22,27)(H,23,24,26)/t15-/m0/s1. The number of nitrogens with one attached hydrogen (secondary N) is 2. The Kier molecular flexibility index (Phi) is 8.65. The average molecular weight is 525 g/mol. The third-order valence-electron chi connectivity index (χ3n) is 4.58. The molecule has 0 unspecified atom stereocenters. The minimum Gasteiger partial charge on any atom is -0.339 e. The van der Waals surface area contributed by atoms with Gasteiger partial charge in [0.25, 0.3) is 15.9 Å². The molecule has 2 aromatic heterocycles. The monoisotopic (exact) mass is 524 g/mol. The number of amides is 2. The molecule has 33 heavy (non-hydrogen) atoms. The number of sulfonamides is 1. The number of aromatic nitrogens is 1. The molecule has 0 bridgehead atoms. The Morgan fingerprint density at radius 2 is 1.88 bits per heavy atom. The van der Waals surface area contributed by atoms with Gasteiger partial charge < -0.3 is 10.6 Å². The Morgan fingerprint density at radius 3 is 2.55 bits per heavy atom. The predicted molar refractivity (Wildman–Crippen MR) is 136 cm³/mol. The highest BCUT2D eigenvalue weighted by Crippen LogP contribution is 2.26. The molecule has 2 N–H and O–H groups in total. The second kappa shape index (κ2) is 11.3. The summed E-state index contributed by atoms with van der Waals surface area (Å²) in [6.07, 6.45) is 2.34. The zero-order chi connectivity index (χ0) is 24.0. The first-order chi connectivity index (χ1) is 15.7. The van der Waals surface area contributed by atoms with Gasteiger partial charge >= 0.3 is 0 Å². The summed E-state index contributed by atoms with van der Waals surface area (Å²) < 4.78 is 25.7. The number of rotatable bonds is 10. The Hall–Kier alpha value is -2.25. The Morgan fingerprint density at radius 1 is 1.15 bits per heavy atom. The van der Waals surface area contributed by atoms with Gasteiger partial charge in [-0.25, -0.2) is 17.7 Å². The molecular weight excluding hydrogens is 501 g/mol. The molecule has 12 heteroatoms. The Balaban J connectivity index is 1.71. The number of carbonyl (C=O) groups is 2. The summed E-state index contributed by atoms with van der Waals surface area (Å²) in [5, 5.41) is 7.83. The van der Waals surface area contributed by atoms with Crippen molar-refractivity contribution in [2.75, 3.05) is 31.4 Å². The molecule has 3 rings (SSSR count). The van der Waals surface area contributed by atoms with Crippen LogP contribution in [0.25, 0.3) is 11.3 Å². The highest BCUT2D eigenvalue weighted by atomic mass is 32.2. The summed E-state index contributed by atoms with van der Waals surface area (Å²) in [5.41, 5.74) is 1.71. The summed E-state index contributed by atoms with van der Waals surface area (Å²) in [5.74, 6) is -0.203. The highest BCUT2D eigenvalue weighted by molar-refractivity contribution is 7.98. The molecule has 2 amide bonds. The van der Waals surface area contributed by atoms with E-state index in [0.717, 1.165) is 26.9 Å². The molecule has 1 atom stereocenters. The second-order valence-corrected chi connectivity index (χ2v) is 12.4. The molecule has 0 saturated heterocycles. The van der Waals surface area contributed by atoms with E-state index < -0.39 is 22.0 Å². The first-order valence-electron chi connectivity index (χ1n) is 9.86. The fourth-order valence-electron chi connectivity index (χ4n) is 2.76. The van der Waals surface area contributed by atoms with Crippen LogP contribution in [-0.2, 0) is 14.8 Å². The molecule has 1 aromatic carbocycles. The molecule has 2 heterocycles. The number of thiophene rings is 1. The Labute approximate surface area is 205 Å². The number of hydrogen-bond acceptors (Lipinski definition) is 8. The SMILES string of the molecule is CSCC[C@H](NC(=O)c1ccc(S(=O)(=O)N(C)C)s1)C(=O)Nc1nc(-c2ccccc2)cs1. The van der Waals surface area contributed by atoms with E-state index in [2.05, 4.69) is 15.6 Å². The van der Waals surface area contributed by atoms with Gasteiger partial charge in [0.05, 0.1) is 10.6 Å². The summed E-state index contributed by atoms with van der Waals surface area (Å²) in [6.45, 7) is 0. The van der Waals surface area contributed by atoms with Crippen LogP contribution in [0.3, 0.4) is 0 Å². The molecule has 0 radical (unpaired) electrons. The average Bonchev–Trinajstić information content (AvgIpc) is 3.47. The van der Waals surface area contributed by atoms with Crippen molar-refractivity contribution < 1.29 is 18.0 Å². The van der Waals surface area contributed by atoms with Gasteiger partial charge in [-0.05, 0) is 30.6 Å². The summed E-state index contributed by atoms with van der Waals surface area (Å²) in [6, 6.07) is 11.7. The van der Waals surface area contributed by atoms with Crippen LogP contribution in [0, 0.1) is 0 Å². The molecule has 8 nitrogen and oxygen atoms in total. The first kappa shape index (κ1) is 25.4. The van der Waals surface area contributed by atoms with Crippen molar-refractivity contribution in [1.29, 1.82) is 0 Å². The van der Waals surface area contributed by atoms with Crippen molar-refractivity contribution in [3.8, 4) is 11.3 Å². The number of thiazole rings is 1. The van der Waals surface area contributed by atoms with Crippen molar-refractivity contribution >= 4 is 61.4 Å². The minimum atomic E-state index is -3.63. The lowest BCUT2D eigenvalue weighted by Crippen LogP contribution is -2.44. The first-order valence-corrected chi connectivity index (χ1v) is 14.4. The molecule has 0 fully saturated rings. The van der Waals surface area contributed by atoms with Crippen LogP contribution >= 0.6 is 34.4 Å². The number of anilines is 1. The van der Waals surface area contributed by atoms with E-state index in [-0.39, 0.29) is 15.0 Å². The lowest BCUT2D eigenvalue weighted by Gasteiger charge is -2.17. The highest BCUT2D eigenvalue weighted by Gasteiger charge is 2.25. The van der Waals surface area contributed by atoms with Gasteiger partial charge in [0.2, 0.25) is 5.91 Å². The lowest BCUT2D eigenvalue weighted by atomic mass is 10.2. The fourth-order valence-corrected chi connectivity index (χ4v) is 6.33. The van der Waals surface area contributed by atoms with Gasteiger partial charge in [-0.2, -0.15) is 11.8 Å². The molecule has 0 saturated carbocycles. The molecular formula is C21H24N4O4S4. The summed E-state index contributed by atoms with van der Waals surface area (Å²) in [4.78, 5) is 30.4. The van der Waals surface area contributed by atoms with Crippen LogP contribution in [0.15, 0.2) is 52.1 Å². The van der Waals surface area contributed by atoms with Crippen molar-refractivity contribution in [2.24, 2.45) is 0 Å². The van der Waals surface area contributed by atoms with Crippen molar-refractivity contribution in [3.05, 3.63) is 52.7 Å². The third kappa shape index (κ3) is 6.42. The lowest BCUT2D eigenvalue weighted by molar-refractivity contribution is -0.118. The van der Waals surface area contributed by atoms with Crippen LogP contribution in [0.5, 0.6) is 0 Å². The van der Waals surface area contributed by atoms with E-state index in [1.165, 1.54) is 37.6 Å².